The third kappa shape index (κ3) is 7.35. The number of nitrogens with zero attached hydrogens (tertiary/aromatic N) is 2. The Morgan fingerprint density at radius 3 is 2.67 bits per heavy atom. The van der Waals surface area contributed by atoms with Gasteiger partial charge < -0.3 is 4.57 Å². The normalized spacial score (nSPS) is 12.8. The lowest BCUT2D eigenvalue weighted by Crippen LogP contribution is -2.10. The Labute approximate surface area is 149 Å². The Morgan fingerprint density at radius 1 is 1.17 bits per heavy atom. The van der Waals surface area contributed by atoms with Crippen LogP contribution in [0.15, 0.2) is 49.1 Å². The van der Waals surface area contributed by atoms with Gasteiger partial charge >= 0.3 is 0 Å². The van der Waals surface area contributed by atoms with Gasteiger partial charge in [0.1, 0.15) is 5.82 Å². The van der Waals surface area contributed by atoms with Crippen LogP contribution in [0.3, 0.4) is 0 Å². The minimum Gasteiger partial charge on any atom is -0.336 e. The molecule has 0 aliphatic heterocycles. The third-order valence-corrected chi connectivity index (χ3v) is 5.16. The minimum absolute atomic E-state index is 0.191. The molecule has 1 aromatic heterocycles. The van der Waals surface area contributed by atoms with Gasteiger partial charge in [-0.25, -0.2) is 9.37 Å². The van der Waals surface area contributed by atoms with E-state index in [0.717, 1.165) is 12.1 Å². The summed E-state index contributed by atoms with van der Waals surface area (Å²) >= 11 is 1.99. The average molecular weight is 347 g/mol. The zero-order valence-electron chi connectivity index (χ0n) is 14.4. The number of thioether (sulfide) groups is 1. The summed E-state index contributed by atoms with van der Waals surface area (Å²) in [5, 5.41) is 0.399. The summed E-state index contributed by atoms with van der Waals surface area (Å²) in [4.78, 5) is 4.12. The standard InChI is InChI=1S/C20H27FN2S/c1-2-3-4-5-6-15-24-20(16-23-14-13-22-17-23)12-9-18-7-10-19(21)11-8-18/h7-14,17,20H,2-6,15-16H2,1H3. The van der Waals surface area contributed by atoms with Crippen molar-refractivity contribution < 1.29 is 4.39 Å². The first-order valence-electron chi connectivity index (χ1n) is 8.79. The molecule has 0 spiro atoms. The van der Waals surface area contributed by atoms with Gasteiger partial charge in [0.2, 0.25) is 0 Å². The minimum atomic E-state index is -0.191. The van der Waals surface area contributed by atoms with Crippen molar-refractivity contribution in [2.45, 2.75) is 50.8 Å². The average Bonchev–Trinajstić information content (AvgIpc) is 3.10. The van der Waals surface area contributed by atoms with Crippen LogP contribution in [0.5, 0.6) is 0 Å². The quantitative estimate of drug-likeness (QED) is 0.478. The Morgan fingerprint density at radius 2 is 1.96 bits per heavy atom. The van der Waals surface area contributed by atoms with E-state index in [9.17, 15) is 4.39 Å². The fourth-order valence-corrected chi connectivity index (χ4v) is 3.65. The summed E-state index contributed by atoms with van der Waals surface area (Å²) in [6, 6.07) is 6.64. The molecule has 0 amide bonds. The molecule has 0 saturated carbocycles. The second kappa shape index (κ2) is 11.1. The number of hydrogen-bond donors (Lipinski definition) is 0. The van der Waals surface area contributed by atoms with Crippen molar-refractivity contribution in [1.29, 1.82) is 0 Å². The Bertz CT molecular complexity index is 578. The molecular formula is C20H27FN2S. The predicted octanol–water partition coefficient (Wildman–Crippen LogP) is 5.81. The van der Waals surface area contributed by atoms with Crippen molar-refractivity contribution in [3.63, 3.8) is 0 Å². The molecule has 2 nitrogen and oxygen atoms in total. The summed E-state index contributed by atoms with van der Waals surface area (Å²) in [7, 11) is 0. The third-order valence-electron chi connectivity index (χ3n) is 3.90. The topological polar surface area (TPSA) is 17.8 Å². The molecular weight excluding hydrogens is 319 g/mol. The molecule has 0 N–H and O–H groups in total. The van der Waals surface area contributed by atoms with Crippen LogP contribution in [-0.4, -0.2) is 20.6 Å². The maximum Gasteiger partial charge on any atom is 0.123 e. The van der Waals surface area contributed by atoms with Gasteiger partial charge in [-0.2, -0.15) is 11.8 Å². The molecule has 1 unspecified atom stereocenters. The van der Waals surface area contributed by atoms with Crippen LogP contribution in [0.4, 0.5) is 4.39 Å². The summed E-state index contributed by atoms with van der Waals surface area (Å²) < 4.78 is 15.1. The molecule has 0 aliphatic rings. The molecule has 0 fully saturated rings. The lowest BCUT2D eigenvalue weighted by Gasteiger charge is -2.13. The SMILES string of the molecule is CCCCCCCSC(C=Cc1ccc(F)cc1)Cn1ccnc1. The molecule has 2 aromatic rings. The van der Waals surface area contributed by atoms with E-state index < -0.39 is 0 Å². The van der Waals surface area contributed by atoms with E-state index in [0.29, 0.717) is 5.25 Å². The first kappa shape index (κ1) is 18.8. The first-order chi connectivity index (χ1) is 11.8. The number of hydrogen-bond acceptors (Lipinski definition) is 2. The van der Waals surface area contributed by atoms with E-state index in [2.05, 4.69) is 28.6 Å². The highest BCUT2D eigenvalue weighted by atomic mass is 32.2. The van der Waals surface area contributed by atoms with Crippen LogP contribution in [0, 0.1) is 5.82 Å². The molecule has 1 heterocycles. The molecule has 0 bridgehead atoms. The van der Waals surface area contributed by atoms with E-state index in [-0.39, 0.29) is 5.82 Å². The van der Waals surface area contributed by atoms with Gasteiger partial charge in [-0.3, -0.25) is 0 Å². The van der Waals surface area contributed by atoms with Gasteiger partial charge in [0.05, 0.1) is 6.33 Å². The van der Waals surface area contributed by atoms with Crippen LogP contribution in [-0.2, 0) is 6.54 Å². The maximum absolute atomic E-state index is 13.0. The van der Waals surface area contributed by atoms with Crippen molar-refractivity contribution >= 4 is 17.8 Å². The molecule has 2 rings (SSSR count). The summed E-state index contributed by atoms with van der Waals surface area (Å²) in [5.74, 6) is 0.986. The largest absolute Gasteiger partial charge is 0.336 e. The van der Waals surface area contributed by atoms with Crippen LogP contribution in [0.2, 0.25) is 0 Å². The second-order valence-electron chi connectivity index (χ2n) is 5.99. The fraction of sp³-hybridized carbons (Fsp3) is 0.450. The Hall–Kier alpha value is -1.55. The van der Waals surface area contributed by atoms with Gasteiger partial charge in [0.15, 0.2) is 0 Å². The summed E-state index contributed by atoms with van der Waals surface area (Å²) in [5.41, 5.74) is 1.04. The predicted molar refractivity (Wildman–Crippen MR) is 103 cm³/mol. The summed E-state index contributed by atoms with van der Waals surface area (Å²) in [6.45, 7) is 3.16. The van der Waals surface area contributed by atoms with Gasteiger partial charge in [-0.05, 0) is 29.9 Å². The van der Waals surface area contributed by atoms with Gasteiger partial charge in [-0.15, -0.1) is 0 Å². The highest BCUT2D eigenvalue weighted by Gasteiger charge is 2.06. The molecule has 24 heavy (non-hydrogen) atoms. The lowest BCUT2D eigenvalue weighted by molar-refractivity contribution is 0.628. The lowest BCUT2D eigenvalue weighted by atomic mass is 10.2. The van der Waals surface area contributed by atoms with E-state index in [1.165, 1.54) is 50.0 Å². The molecule has 4 heteroatoms. The van der Waals surface area contributed by atoms with Crippen LogP contribution >= 0.6 is 11.8 Å². The van der Waals surface area contributed by atoms with E-state index >= 15 is 0 Å². The van der Waals surface area contributed by atoms with Crippen molar-refractivity contribution in [2.75, 3.05) is 5.75 Å². The van der Waals surface area contributed by atoms with Gasteiger partial charge in [0, 0.05) is 24.2 Å². The Balaban J connectivity index is 1.86. The highest BCUT2D eigenvalue weighted by molar-refractivity contribution is 8.00. The highest BCUT2D eigenvalue weighted by Crippen LogP contribution is 2.19. The van der Waals surface area contributed by atoms with E-state index in [1.807, 2.05) is 42.6 Å². The number of benzene rings is 1. The molecule has 0 saturated heterocycles. The van der Waals surface area contributed by atoms with Gasteiger partial charge in [-0.1, -0.05) is 56.9 Å². The number of unbranched alkanes of at least 4 members (excludes halogenated alkanes) is 4. The smallest absolute Gasteiger partial charge is 0.123 e. The molecule has 130 valence electrons. The zero-order chi connectivity index (χ0) is 17.0. The van der Waals surface area contributed by atoms with Gasteiger partial charge in [0.25, 0.3) is 0 Å². The van der Waals surface area contributed by atoms with Crippen molar-refractivity contribution in [1.82, 2.24) is 9.55 Å². The summed E-state index contributed by atoms with van der Waals surface area (Å²) in [6.07, 6.45) is 16.6. The number of aromatic nitrogens is 2. The molecule has 1 aromatic carbocycles. The first-order valence-corrected chi connectivity index (χ1v) is 9.84. The molecule has 0 aliphatic carbocycles. The van der Waals surface area contributed by atoms with Crippen molar-refractivity contribution in [2.24, 2.45) is 0 Å². The molecule has 0 radical (unpaired) electrons. The van der Waals surface area contributed by atoms with Crippen LogP contribution in [0.25, 0.3) is 6.08 Å². The second-order valence-corrected chi connectivity index (χ2v) is 7.34. The maximum atomic E-state index is 13.0. The van der Waals surface area contributed by atoms with Crippen LogP contribution < -0.4 is 0 Å². The van der Waals surface area contributed by atoms with Crippen molar-refractivity contribution in [3.05, 3.63) is 60.4 Å². The fourth-order valence-electron chi connectivity index (χ4n) is 2.50. The number of halogens is 1. The van der Waals surface area contributed by atoms with E-state index in [4.69, 9.17) is 0 Å². The van der Waals surface area contributed by atoms with Crippen molar-refractivity contribution in [3.8, 4) is 0 Å². The zero-order valence-corrected chi connectivity index (χ0v) is 15.2. The van der Waals surface area contributed by atoms with Crippen LogP contribution in [0.1, 0.15) is 44.6 Å². The number of rotatable bonds is 11. The Kier molecular flexibility index (Phi) is 8.67. The van der Waals surface area contributed by atoms with E-state index in [1.54, 1.807) is 0 Å². The monoisotopic (exact) mass is 346 g/mol. The number of imidazole rings is 1. The molecule has 1 atom stereocenters.